The Morgan fingerprint density at radius 1 is 1.42 bits per heavy atom. The van der Waals surface area contributed by atoms with E-state index in [1.165, 1.54) is 0 Å². The molecule has 6 heteroatoms. The molecular weight excluding hydrogens is 326 g/mol. The fourth-order valence-corrected chi connectivity index (χ4v) is 3.07. The second-order valence-electron chi connectivity index (χ2n) is 6.71. The molecule has 2 aromatic rings. The molecule has 0 radical (unpaired) electrons. The number of hydrogen-bond donors (Lipinski definition) is 1. The number of rotatable bonds is 5. The zero-order valence-corrected chi connectivity index (χ0v) is 14.6. The minimum Gasteiger partial charge on any atom is -0.441 e. The van der Waals surface area contributed by atoms with E-state index in [2.05, 4.69) is 11.9 Å². The number of amides is 1. The van der Waals surface area contributed by atoms with Gasteiger partial charge < -0.3 is 15.1 Å². The van der Waals surface area contributed by atoms with Crippen molar-refractivity contribution in [1.82, 2.24) is 9.88 Å². The Morgan fingerprint density at radius 3 is 2.83 bits per heavy atom. The van der Waals surface area contributed by atoms with E-state index in [9.17, 15) is 4.79 Å². The van der Waals surface area contributed by atoms with E-state index in [4.69, 9.17) is 21.8 Å². The van der Waals surface area contributed by atoms with E-state index in [-0.39, 0.29) is 11.3 Å². The topological polar surface area (TPSA) is 72.4 Å². The lowest BCUT2D eigenvalue weighted by molar-refractivity contribution is -0.130. The Bertz CT molecular complexity index is 713. The average Bonchev–Trinajstić information content (AvgIpc) is 3.21. The van der Waals surface area contributed by atoms with E-state index in [1.54, 1.807) is 6.20 Å². The van der Waals surface area contributed by atoms with Gasteiger partial charge in [-0.3, -0.25) is 4.79 Å². The molecule has 1 aliphatic heterocycles. The van der Waals surface area contributed by atoms with E-state index >= 15 is 0 Å². The van der Waals surface area contributed by atoms with Crippen LogP contribution in [0, 0.1) is 5.41 Å². The molecular formula is C18H22ClN3O2. The molecule has 1 amide bonds. The highest BCUT2D eigenvalue weighted by Gasteiger charge is 2.34. The first-order chi connectivity index (χ1) is 11.5. The van der Waals surface area contributed by atoms with Gasteiger partial charge in [-0.25, -0.2) is 4.98 Å². The summed E-state index contributed by atoms with van der Waals surface area (Å²) in [6.45, 7) is 4.27. The summed E-state index contributed by atoms with van der Waals surface area (Å²) in [6, 6.07) is 7.39. The Morgan fingerprint density at radius 2 is 2.17 bits per heavy atom. The minimum atomic E-state index is 0.0559. The molecule has 3 rings (SSSR count). The Balaban J connectivity index is 1.56. The lowest BCUT2D eigenvalue weighted by Gasteiger charge is -2.22. The predicted molar refractivity (Wildman–Crippen MR) is 93.6 cm³/mol. The van der Waals surface area contributed by atoms with Crippen molar-refractivity contribution in [3.8, 4) is 11.3 Å². The third-order valence-corrected chi connectivity index (χ3v) is 4.89. The molecule has 1 aliphatic rings. The third kappa shape index (κ3) is 3.79. The van der Waals surface area contributed by atoms with Gasteiger partial charge >= 0.3 is 0 Å². The first-order valence-electron chi connectivity index (χ1n) is 8.18. The lowest BCUT2D eigenvalue weighted by Crippen LogP contribution is -2.34. The van der Waals surface area contributed by atoms with Crippen LogP contribution in [-0.2, 0) is 11.2 Å². The average molecular weight is 348 g/mol. The molecule has 1 fully saturated rings. The first-order valence-corrected chi connectivity index (χ1v) is 8.55. The number of oxazole rings is 1. The van der Waals surface area contributed by atoms with Crippen LogP contribution >= 0.6 is 11.6 Å². The number of carbonyl (C=O) groups is 1. The molecule has 1 unspecified atom stereocenters. The molecule has 2 N–H and O–H groups in total. The SMILES string of the molecule is CC1(CN)CCN(C(=O)CCc2ncc(-c3ccc(Cl)cc3)o2)C1. The number of hydrogen-bond acceptors (Lipinski definition) is 4. The lowest BCUT2D eigenvalue weighted by atomic mass is 9.90. The maximum atomic E-state index is 12.3. The van der Waals surface area contributed by atoms with Gasteiger partial charge in [0.25, 0.3) is 0 Å². The van der Waals surface area contributed by atoms with Crippen molar-refractivity contribution in [2.75, 3.05) is 19.6 Å². The smallest absolute Gasteiger partial charge is 0.223 e. The number of benzene rings is 1. The Labute approximate surface area is 146 Å². The summed E-state index contributed by atoms with van der Waals surface area (Å²) in [5.74, 6) is 1.40. The Kier molecular flexibility index (Phi) is 4.92. The van der Waals surface area contributed by atoms with Crippen LogP contribution < -0.4 is 5.73 Å². The van der Waals surface area contributed by atoms with Gasteiger partial charge in [0.15, 0.2) is 11.7 Å². The third-order valence-electron chi connectivity index (χ3n) is 4.64. The molecule has 0 spiro atoms. The van der Waals surface area contributed by atoms with Crippen molar-refractivity contribution in [3.05, 3.63) is 41.4 Å². The molecule has 0 bridgehead atoms. The van der Waals surface area contributed by atoms with E-state index in [1.807, 2.05) is 29.2 Å². The van der Waals surface area contributed by atoms with Crippen LogP contribution in [0.5, 0.6) is 0 Å². The van der Waals surface area contributed by atoms with Gasteiger partial charge in [-0.2, -0.15) is 0 Å². The van der Waals surface area contributed by atoms with Gasteiger partial charge in [0.2, 0.25) is 5.91 Å². The number of carbonyl (C=O) groups excluding carboxylic acids is 1. The van der Waals surface area contributed by atoms with Gasteiger partial charge in [0.05, 0.1) is 6.20 Å². The molecule has 2 heterocycles. The maximum Gasteiger partial charge on any atom is 0.223 e. The number of aromatic nitrogens is 1. The van der Waals surface area contributed by atoms with Crippen LogP contribution in [0.15, 0.2) is 34.9 Å². The van der Waals surface area contributed by atoms with Gasteiger partial charge in [-0.05, 0) is 42.6 Å². The normalized spacial score (nSPS) is 20.5. The van der Waals surface area contributed by atoms with Crippen LogP contribution in [-0.4, -0.2) is 35.4 Å². The number of likely N-dealkylation sites (tertiary alicyclic amines) is 1. The summed E-state index contributed by atoms with van der Waals surface area (Å²) in [5.41, 5.74) is 6.77. The van der Waals surface area contributed by atoms with Crippen LogP contribution in [0.25, 0.3) is 11.3 Å². The summed E-state index contributed by atoms with van der Waals surface area (Å²) >= 11 is 5.89. The molecule has 24 heavy (non-hydrogen) atoms. The number of nitrogens with two attached hydrogens (primary N) is 1. The zero-order chi connectivity index (χ0) is 17.2. The summed E-state index contributed by atoms with van der Waals surface area (Å²) < 4.78 is 5.74. The van der Waals surface area contributed by atoms with E-state index in [0.29, 0.717) is 36.1 Å². The second kappa shape index (κ2) is 6.95. The number of nitrogens with zero attached hydrogens (tertiary/aromatic N) is 2. The molecule has 1 atom stereocenters. The molecule has 0 aliphatic carbocycles. The number of halogens is 1. The maximum absolute atomic E-state index is 12.3. The van der Waals surface area contributed by atoms with Crippen molar-refractivity contribution in [1.29, 1.82) is 0 Å². The highest BCUT2D eigenvalue weighted by Crippen LogP contribution is 2.29. The predicted octanol–water partition coefficient (Wildman–Crippen LogP) is 3.12. The summed E-state index contributed by atoms with van der Waals surface area (Å²) in [4.78, 5) is 18.5. The highest BCUT2D eigenvalue weighted by atomic mass is 35.5. The van der Waals surface area contributed by atoms with Crippen molar-refractivity contribution >= 4 is 17.5 Å². The highest BCUT2D eigenvalue weighted by molar-refractivity contribution is 6.30. The molecule has 1 aromatic carbocycles. The largest absolute Gasteiger partial charge is 0.441 e. The van der Waals surface area contributed by atoms with E-state index in [0.717, 1.165) is 25.1 Å². The van der Waals surface area contributed by atoms with Gasteiger partial charge in [0, 0.05) is 36.5 Å². The van der Waals surface area contributed by atoms with Crippen molar-refractivity contribution in [3.63, 3.8) is 0 Å². The van der Waals surface area contributed by atoms with Crippen LogP contribution in [0.2, 0.25) is 5.02 Å². The van der Waals surface area contributed by atoms with Crippen molar-refractivity contribution in [2.24, 2.45) is 11.1 Å². The molecule has 1 aromatic heterocycles. The van der Waals surface area contributed by atoms with Gasteiger partial charge in [-0.1, -0.05) is 18.5 Å². The van der Waals surface area contributed by atoms with Crippen LogP contribution in [0.1, 0.15) is 25.7 Å². The fraction of sp³-hybridized carbons (Fsp3) is 0.444. The van der Waals surface area contributed by atoms with Crippen molar-refractivity contribution in [2.45, 2.75) is 26.2 Å². The standard InChI is InChI=1S/C18H22ClN3O2/c1-18(11-20)8-9-22(12-18)17(23)7-6-16-21-10-15(24-16)13-2-4-14(19)5-3-13/h2-5,10H,6-9,11-12,20H2,1H3. The van der Waals surface area contributed by atoms with Crippen LogP contribution in [0.3, 0.4) is 0 Å². The Hall–Kier alpha value is -1.85. The van der Waals surface area contributed by atoms with Gasteiger partial charge in [0.1, 0.15) is 0 Å². The first kappa shape index (κ1) is 17.0. The van der Waals surface area contributed by atoms with Gasteiger partial charge in [-0.15, -0.1) is 0 Å². The fourth-order valence-electron chi connectivity index (χ4n) is 2.95. The minimum absolute atomic E-state index is 0.0559. The summed E-state index contributed by atoms with van der Waals surface area (Å²) in [5, 5.41) is 0.680. The van der Waals surface area contributed by atoms with Crippen molar-refractivity contribution < 1.29 is 9.21 Å². The molecule has 5 nitrogen and oxygen atoms in total. The molecule has 0 saturated carbocycles. The summed E-state index contributed by atoms with van der Waals surface area (Å²) in [6.07, 6.45) is 3.56. The second-order valence-corrected chi connectivity index (χ2v) is 7.14. The monoisotopic (exact) mass is 347 g/mol. The molecule has 1 saturated heterocycles. The molecule has 128 valence electrons. The summed E-state index contributed by atoms with van der Waals surface area (Å²) in [7, 11) is 0. The number of aryl methyl sites for hydroxylation is 1. The quantitative estimate of drug-likeness (QED) is 0.901. The van der Waals surface area contributed by atoms with E-state index < -0.39 is 0 Å². The zero-order valence-electron chi connectivity index (χ0n) is 13.8. The van der Waals surface area contributed by atoms with Crippen LogP contribution in [0.4, 0.5) is 0 Å².